The molecule has 0 saturated heterocycles. The lowest BCUT2D eigenvalue weighted by Gasteiger charge is -2.17. The predicted molar refractivity (Wildman–Crippen MR) is 106 cm³/mol. The minimum absolute atomic E-state index is 0.332. The Labute approximate surface area is 163 Å². The molecule has 0 heterocycles. The number of esters is 1. The first-order chi connectivity index (χ1) is 12.1. The summed E-state index contributed by atoms with van der Waals surface area (Å²) in [5.41, 5.74) is 6.03. The number of nitrogens with one attached hydrogen (secondary N) is 1. The Morgan fingerprint density at radius 1 is 0.885 bits per heavy atom. The Morgan fingerprint density at radius 3 is 1.96 bits per heavy atom. The molecule has 0 aromatic heterocycles. The fourth-order valence-electron chi connectivity index (χ4n) is 2.78. The van der Waals surface area contributed by atoms with Gasteiger partial charge in [-0.15, -0.1) is 0 Å². The zero-order valence-corrected chi connectivity index (χ0v) is 16.9. The molecular weight excluding hydrogens is 373 g/mol. The third-order valence-corrected chi connectivity index (χ3v) is 5.48. The van der Waals surface area contributed by atoms with Gasteiger partial charge in [-0.05, 0) is 80.6 Å². The van der Waals surface area contributed by atoms with Crippen molar-refractivity contribution < 1.29 is 14.3 Å². The summed E-state index contributed by atoms with van der Waals surface area (Å²) in [5.74, 6) is -0.955. The highest BCUT2D eigenvalue weighted by Gasteiger charge is 2.20. The van der Waals surface area contributed by atoms with Crippen LogP contribution in [0.1, 0.15) is 38.2 Å². The lowest BCUT2D eigenvalue weighted by atomic mass is 9.90. The highest BCUT2D eigenvalue weighted by atomic mass is 35.5. The summed E-state index contributed by atoms with van der Waals surface area (Å²) in [7, 11) is 0. The second-order valence-corrected chi connectivity index (χ2v) is 7.07. The molecule has 2 aromatic rings. The molecule has 138 valence electrons. The molecule has 0 unspecified atom stereocenters. The first-order valence-corrected chi connectivity index (χ1v) is 8.88. The molecule has 0 aliphatic heterocycles. The molecule has 2 aromatic carbocycles. The number of anilines is 1. The average Bonchev–Trinajstić information content (AvgIpc) is 2.60. The van der Waals surface area contributed by atoms with E-state index in [1.54, 1.807) is 12.1 Å². The second-order valence-electron chi connectivity index (χ2n) is 6.25. The van der Waals surface area contributed by atoms with E-state index < -0.39 is 11.9 Å². The fraction of sp³-hybridized carbons (Fsp3) is 0.300. The van der Waals surface area contributed by atoms with Gasteiger partial charge in [0.2, 0.25) is 0 Å². The van der Waals surface area contributed by atoms with Crippen LogP contribution in [0, 0.1) is 34.6 Å². The highest BCUT2D eigenvalue weighted by molar-refractivity contribution is 6.42. The molecule has 0 aliphatic carbocycles. The van der Waals surface area contributed by atoms with E-state index in [2.05, 4.69) is 5.32 Å². The van der Waals surface area contributed by atoms with E-state index in [-0.39, 0.29) is 6.61 Å². The lowest BCUT2D eigenvalue weighted by Crippen LogP contribution is -2.22. The van der Waals surface area contributed by atoms with Crippen LogP contribution in [-0.2, 0) is 9.53 Å². The lowest BCUT2D eigenvalue weighted by molar-refractivity contribution is -0.119. The summed E-state index contributed by atoms with van der Waals surface area (Å²) in [4.78, 5) is 24.6. The van der Waals surface area contributed by atoms with Crippen LogP contribution in [0.4, 0.5) is 5.69 Å². The van der Waals surface area contributed by atoms with Crippen molar-refractivity contribution in [3.63, 3.8) is 0 Å². The molecular formula is C20H21Cl2NO3. The number of hydrogen-bond donors (Lipinski definition) is 1. The maximum Gasteiger partial charge on any atom is 0.339 e. The van der Waals surface area contributed by atoms with E-state index in [1.165, 1.54) is 6.07 Å². The molecule has 6 heteroatoms. The van der Waals surface area contributed by atoms with Crippen molar-refractivity contribution in [2.75, 3.05) is 11.9 Å². The summed E-state index contributed by atoms with van der Waals surface area (Å²) >= 11 is 11.8. The van der Waals surface area contributed by atoms with Gasteiger partial charge >= 0.3 is 5.97 Å². The van der Waals surface area contributed by atoms with Crippen molar-refractivity contribution in [1.29, 1.82) is 0 Å². The topological polar surface area (TPSA) is 55.4 Å². The summed E-state index contributed by atoms with van der Waals surface area (Å²) < 4.78 is 5.22. The standard InChI is InChI=1S/C20H21Cl2NO3/c1-10-11(2)13(4)19(14(5)12(10)3)20(25)26-9-18(24)23-15-6-7-16(21)17(22)8-15/h6-8H,9H2,1-5H3,(H,23,24). The Balaban J connectivity index is 2.09. The molecule has 26 heavy (non-hydrogen) atoms. The minimum Gasteiger partial charge on any atom is -0.452 e. The molecule has 0 atom stereocenters. The van der Waals surface area contributed by atoms with Crippen LogP contribution in [0.25, 0.3) is 0 Å². The van der Waals surface area contributed by atoms with Crippen LogP contribution in [0.3, 0.4) is 0 Å². The monoisotopic (exact) mass is 393 g/mol. The van der Waals surface area contributed by atoms with Crippen LogP contribution >= 0.6 is 23.2 Å². The number of benzene rings is 2. The van der Waals surface area contributed by atoms with Crippen molar-refractivity contribution in [1.82, 2.24) is 0 Å². The Kier molecular flexibility index (Phi) is 6.32. The summed E-state index contributed by atoms with van der Waals surface area (Å²) in [5, 5.41) is 3.35. The third-order valence-electron chi connectivity index (χ3n) is 4.74. The number of ether oxygens (including phenoxy) is 1. The van der Waals surface area contributed by atoms with Crippen LogP contribution in [0.15, 0.2) is 18.2 Å². The number of hydrogen-bond acceptors (Lipinski definition) is 3. The SMILES string of the molecule is Cc1c(C)c(C)c(C(=O)OCC(=O)Nc2ccc(Cl)c(Cl)c2)c(C)c1C. The maximum absolute atomic E-state index is 12.5. The Bertz CT molecular complexity index is 862. The second kappa shape index (κ2) is 8.11. The van der Waals surface area contributed by atoms with Gasteiger partial charge in [0.1, 0.15) is 0 Å². The first kappa shape index (κ1) is 20.3. The van der Waals surface area contributed by atoms with Gasteiger partial charge in [0.15, 0.2) is 6.61 Å². The van der Waals surface area contributed by atoms with Gasteiger partial charge in [-0.25, -0.2) is 4.79 Å². The van der Waals surface area contributed by atoms with Gasteiger partial charge in [0, 0.05) is 5.69 Å². The van der Waals surface area contributed by atoms with Gasteiger partial charge in [0.25, 0.3) is 5.91 Å². The fourth-order valence-corrected chi connectivity index (χ4v) is 3.08. The van der Waals surface area contributed by atoms with Crippen molar-refractivity contribution in [3.8, 4) is 0 Å². The highest BCUT2D eigenvalue weighted by Crippen LogP contribution is 2.27. The van der Waals surface area contributed by atoms with E-state index in [1.807, 2.05) is 34.6 Å². The minimum atomic E-state index is -0.504. The molecule has 1 amide bonds. The molecule has 2 rings (SSSR count). The van der Waals surface area contributed by atoms with Crippen LogP contribution < -0.4 is 5.32 Å². The van der Waals surface area contributed by atoms with Crippen LogP contribution in [0.5, 0.6) is 0 Å². The van der Waals surface area contributed by atoms with Gasteiger partial charge in [0.05, 0.1) is 15.6 Å². The normalized spacial score (nSPS) is 10.6. The molecule has 0 saturated carbocycles. The summed E-state index contributed by atoms with van der Waals surface area (Å²) in [6.07, 6.45) is 0. The quantitative estimate of drug-likeness (QED) is 0.713. The number of rotatable bonds is 4. The van der Waals surface area contributed by atoms with E-state index in [0.717, 1.165) is 27.8 Å². The number of carbonyl (C=O) groups is 2. The van der Waals surface area contributed by atoms with E-state index in [4.69, 9.17) is 27.9 Å². The summed E-state index contributed by atoms with van der Waals surface area (Å²) in [6.45, 7) is 9.38. The maximum atomic E-state index is 12.5. The van der Waals surface area contributed by atoms with Crippen molar-refractivity contribution in [2.24, 2.45) is 0 Å². The van der Waals surface area contributed by atoms with Gasteiger partial charge in [-0.1, -0.05) is 23.2 Å². The molecule has 4 nitrogen and oxygen atoms in total. The van der Waals surface area contributed by atoms with Gasteiger partial charge < -0.3 is 10.1 Å². The zero-order valence-electron chi connectivity index (χ0n) is 15.4. The Morgan fingerprint density at radius 2 is 1.42 bits per heavy atom. The summed E-state index contributed by atoms with van der Waals surface area (Å²) in [6, 6.07) is 4.73. The van der Waals surface area contributed by atoms with Crippen molar-refractivity contribution >= 4 is 40.8 Å². The molecule has 0 spiro atoms. The van der Waals surface area contributed by atoms with Crippen LogP contribution in [-0.4, -0.2) is 18.5 Å². The van der Waals surface area contributed by atoms with E-state index in [0.29, 0.717) is 21.3 Å². The predicted octanol–water partition coefficient (Wildman–Crippen LogP) is 5.33. The molecule has 0 radical (unpaired) electrons. The third kappa shape index (κ3) is 4.19. The van der Waals surface area contributed by atoms with Gasteiger partial charge in [-0.2, -0.15) is 0 Å². The van der Waals surface area contributed by atoms with E-state index >= 15 is 0 Å². The van der Waals surface area contributed by atoms with Crippen molar-refractivity contribution in [2.45, 2.75) is 34.6 Å². The first-order valence-electron chi connectivity index (χ1n) is 8.12. The number of amides is 1. The zero-order chi connectivity index (χ0) is 19.6. The molecule has 0 aliphatic rings. The van der Waals surface area contributed by atoms with Gasteiger partial charge in [-0.3, -0.25) is 4.79 Å². The molecule has 1 N–H and O–H groups in total. The Hall–Kier alpha value is -2.04. The van der Waals surface area contributed by atoms with Crippen molar-refractivity contribution in [3.05, 3.63) is 61.6 Å². The van der Waals surface area contributed by atoms with E-state index in [9.17, 15) is 9.59 Å². The number of carbonyl (C=O) groups excluding carboxylic acids is 2. The smallest absolute Gasteiger partial charge is 0.339 e. The number of halogens is 2. The average molecular weight is 394 g/mol. The van der Waals surface area contributed by atoms with Crippen LogP contribution in [0.2, 0.25) is 10.0 Å². The largest absolute Gasteiger partial charge is 0.452 e. The molecule has 0 fully saturated rings. The molecule has 0 bridgehead atoms.